The standard InChI is InChI=1S/C31H46N2O2/c1-28(2,3)20-15-13-16-21(29(4,5)6)26(20)33(25(35)19-24(32)34)27-22(30(7,8)9)17-14-18-23(27)31(10,11)12/h13-18H,19H2,1-12H3,(H2,32,34). The molecule has 0 unspecified atom stereocenters. The van der Waals surface area contributed by atoms with Gasteiger partial charge in [0.05, 0.1) is 11.4 Å². The molecule has 35 heavy (non-hydrogen) atoms. The Morgan fingerprint density at radius 2 is 0.857 bits per heavy atom. The number of carbonyl (C=O) groups is 2. The Bertz CT molecular complexity index is 961. The third kappa shape index (κ3) is 6.34. The normalized spacial score (nSPS) is 13.0. The highest BCUT2D eigenvalue weighted by Gasteiger charge is 2.37. The van der Waals surface area contributed by atoms with Gasteiger partial charge in [0.25, 0.3) is 0 Å². The average molecular weight is 479 g/mol. The molecule has 0 atom stereocenters. The summed E-state index contributed by atoms with van der Waals surface area (Å²) < 4.78 is 0. The molecule has 0 saturated carbocycles. The number of benzene rings is 2. The van der Waals surface area contributed by atoms with Crippen molar-refractivity contribution < 1.29 is 9.59 Å². The van der Waals surface area contributed by atoms with Crippen LogP contribution >= 0.6 is 0 Å². The number of rotatable bonds is 4. The first-order valence-corrected chi connectivity index (χ1v) is 12.6. The van der Waals surface area contributed by atoms with E-state index >= 15 is 0 Å². The molecular formula is C31H46N2O2. The van der Waals surface area contributed by atoms with Gasteiger partial charge in [-0.2, -0.15) is 0 Å². The number of hydrogen-bond acceptors (Lipinski definition) is 2. The predicted octanol–water partition coefficient (Wildman–Crippen LogP) is 7.42. The van der Waals surface area contributed by atoms with Gasteiger partial charge in [0, 0.05) is 0 Å². The minimum absolute atomic E-state index is 0.236. The largest absolute Gasteiger partial charge is 0.369 e. The van der Waals surface area contributed by atoms with Crippen LogP contribution in [0.4, 0.5) is 11.4 Å². The Balaban J connectivity index is 3.22. The third-order valence-electron chi connectivity index (χ3n) is 6.33. The van der Waals surface area contributed by atoms with Gasteiger partial charge in [-0.25, -0.2) is 0 Å². The molecule has 0 aliphatic carbocycles. The zero-order valence-corrected chi connectivity index (χ0v) is 24.0. The highest BCUT2D eigenvalue weighted by Crippen LogP contribution is 2.48. The predicted molar refractivity (Wildman–Crippen MR) is 149 cm³/mol. The fraction of sp³-hybridized carbons (Fsp3) is 0.548. The van der Waals surface area contributed by atoms with Crippen molar-refractivity contribution in [1.82, 2.24) is 0 Å². The zero-order valence-electron chi connectivity index (χ0n) is 24.0. The molecule has 2 aromatic rings. The Morgan fingerprint density at radius 1 is 0.600 bits per heavy atom. The maximum atomic E-state index is 14.1. The summed E-state index contributed by atoms with van der Waals surface area (Å²) in [6.07, 6.45) is -0.357. The first-order valence-electron chi connectivity index (χ1n) is 12.6. The highest BCUT2D eigenvalue weighted by atomic mass is 16.2. The lowest BCUT2D eigenvalue weighted by molar-refractivity contribution is -0.125. The van der Waals surface area contributed by atoms with Crippen molar-refractivity contribution in [2.45, 2.75) is 111 Å². The van der Waals surface area contributed by atoms with E-state index in [1.807, 2.05) is 4.90 Å². The monoisotopic (exact) mass is 478 g/mol. The number of para-hydroxylation sites is 2. The second kappa shape index (κ2) is 9.44. The van der Waals surface area contributed by atoms with Gasteiger partial charge in [-0.1, -0.05) is 119 Å². The quantitative estimate of drug-likeness (QED) is 0.465. The summed E-state index contributed by atoms with van der Waals surface area (Å²) in [5, 5.41) is 0. The first-order chi connectivity index (χ1) is 15.7. The fourth-order valence-corrected chi connectivity index (χ4v) is 4.58. The molecular weight excluding hydrogens is 432 g/mol. The number of hydrogen-bond donors (Lipinski definition) is 1. The molecule has 0 aliphatic heterocycles. The van der Waals surface area contributed by atoms with E-state index in [0.29, 0.717) is 0 Å². The zero-order chi connectivity index (χ0) is 27.1. The summed E-state index contributed by atoms with van der Waals surface area (Å²) >= 11 is 0. The molecule has 0 saturated heterocycles. The Morgan fingerprint density at radius 3 is 1.06 bits per heavy atom. The lowest BCUT2D eigenvalue weighted by Crippen LogP contribution is -2.37. The van der Waals surface area contributed by atoms with Gasteiger partial charge in [0.2, 0.25) is 11.8 Å². The highest BCUT2D eigenvalue weighted by molar-refractivity contribution is 6.10. The van der Waals surface area contributed by atoms with Gasteiger partial charge in [-0.15, -0.1) is 0 Å². The van der Waals surface area contributed by atoms with Crippen LogP contribution < -0.4 is 10.6 Å². The van der Waals surface area contributed by atoms with E-state index in [0.717, 1.165) is 33.6 Å². The third-order valence-corrected chi connectivity index (χ3v) is 6.33. The van der Waals surface area contributed by atoms with Gasteiger partial charge < -0.3 is 5.73 Å². The second-order valence-electron chi connectivity index (χ2n) is 13.8. The van der Waals surface area contributed by atoms with Crippen LogP contribution in [0.1, 0.15) is 112 Å². The average Bonchev–Trinajstić information content (AvgIpc) is 2.64. The minimum atomic E-state index is -0.629. The summed E-state index contributed by atoms with van der Waals surface area (Å²) in [4.78, 5) is 28.0. The number of anilines is 2. The number of carbonyl (C=O) groups excluding carboxylic acids is 2. The Kier molecular flexibility index (Phi) is 7.72. The van der Waals surface area contributed by atoms with Crippen molar-refractivity contribution in [3.05, 3.63) is 58.7 Å². The second-order valence-corrected chi connectivity index (χ2v) is 13.8. The molecule has 192 valence electrons. The maximum absolute atomic E-state index is 14.1. The number of amides is 2. The molecule has 0 radical (unpaired) electrons. The summed E-state index contributed by atoms with van der Waals surface area (Å²) in [6.45, 7) is 25.9. The number of nitrogens with two attached hydrogens (primary N) is 1. The SMILES string of the molecule is CC(C)(C)c1cccc(C(C)(C)C)c1N(C(=O)CC(N)=O)c1c(C(C)(C)C)cccc1C(C)(C)C. The van der Waals surface area contributed by atoms with Crippen LogP contribution in [0.2, 0.25) is 0 Å². The molecule has 4 heteroatoms. The van der Waals surface area contributed by atoms with Crippen molar-refractivity contribution in [1.29, 1.82) is 0 Å². The van der Waals surface area contributed by atoms with Crippen LogP contribution in [0.5, 0.6) is 0 Å². The van der Waals surface area contributed by atoms with Crippen LogP contribution in [0.25, 0.3) is 0 Å². The molecule has 2 aromatic carbocycles. The van der Waals surface area contributed by atoms with Crippen molar-refractivity contribution in [2.75, 3.05) is 4.90 Å². The lowest BCUT2D eigenvalue weighted by atomic mass is 9.76. The summed E-state index contributed by atoms with van der Waals surface area (Å²) in [6, 6.07) is 12.6. The first kappa shape index (κ1) is 28.6. The van der Waals surface area contributed by atoms with Gasteiger partial charge in [-0.3, -0.25) is 14.5 Å². The topological polar surface area (TPSA) is 63.4 Å². The molecule has 0 aromatic heterocycles. The van der Waals surface area contributed by atoms with Crippen LogP contribution in [-0.2, 0) is 31.2 Å². The van der Waals surface area contributed by atoms with Crippen LogP contribution in [-0.4, -0.2) is 11.8 Å². The molecule has 2 rings (SSSR count). The van der Waals surface area contributed by atoms with Crippen molar-refractivity contribution >= 4 is 23.2 Å². The van der Waals surface area contributed by atoms with E-state index in [9.17, 15) is 9.59 Å². The minimum Gasteiger partial charge on any atom is -0.369 e. The van der Waals surface area contributed by atoms with Gasteiger partial charge in [-0.05, 0) is 43.9 Å². The van der Waals surface area contributed by atoms with Crippen molar-refractivity contribution in [2.24, 2.45) is 5.73 Å². The van der Waals surface area contributed by atoms with Gasteiger partial charge >= 0.3 is 0 Å². The fourth-order valence-electron chi connectivity index (χ4n) is 4.58. The van der Waals surface area contributed by atoms with Crippen LogP contribution in [0, 0.1) is 0 Å². The van der Waals surface area contributed by atoms with E-state index in [1.54, 1.807) is 0 Å². The van der Waals surface area contributed by atoms with Crippen LogP contribution in [0.15, 0.2) is 36.4 Å². The van der Waals surface area contributed by atoms with Crippen molar-refractivity contribution in [3.8, 4) is 0 Å². The van der Waals surface area contributed by atoms with E-state index in [2.05, 4.69) is 119 Å². The molecule has 0 fully saturated rings. The Labute approximate surface area is 213 Å². The molecule has 0 spiro atoms. The van der Waals surface area contributed by atoms with E-state index in [1.165, 1.54) is 0 Å². The van der Waals surface area contributed by atoms with Crippen LogP contribution in [0.3, 0.4) is 0 Å². The molecule has 4 nitrogen and oxygen atoms in total. The van der Waals surface area contributed by atoms with Gasteiger partial charge in [0.15, 0.2) is 0 Å². The summed E-state index contributed by atoms with van der Waals surface area (Å²) in [5.41, 5.74) is 10.6. The molecule has 2 N–H and O–H groups in total. The van der Waals surface area contributed by atoms with E-state index < -0.39 is 5.91 Å². The van der Waals surface area contributed by atoms with Gasteiger partial charge in [0.1, 0.15) is 6.42 Å². The summed E-state index contributed by atoms with van der Waals surface area (Å²) in [7, 11) is 0. The lowest BCUT2D eigenvalue weighted by Gasteiger charge is -2.40. The Hall–Kier alpha value is -2.62. The smallest absolute Gasteiger partial charge is 0.241 e. The van der Waals surface area contributed by atoms with E-state index in [-0.39, 0.29) is 34.0 Å². The van der Waals surface area contributed by atoms with E-state index in [4.69, 9.17) is 5.73 Å². The molecule has 0 heterocycles. The number of primary amides is 1. The van der Waals surface area contributed by atoms with Crippen molar-refractivity contribution in [3.63, 3.8) is 0 Å². The summed E-state index contributed by atoms with van der Waals surface area (Å²) in [5.74, 6) is -0.932. The molecule has 0 aliphatic rings. The molecule has 0 bridgehead atoms. The number of nitrogens with zero attached hydrogens (tertiary/aromatic N) is 1. The maximum Gasteiger partial charge on any atom is 0.241 e. The molecule has 2 amide bonds.